The van der Waals surface area contributed by atoms with Crippen LogP contribution in [0.2, 0.25) is 0 Å². The quantitative estimate of drug-likeness (QED) is 0.474. The molecule has 12 heavy (non-hydrogen) atoms. The molecule has 0 bridgehead atoms. The first-order chi connectivity index (χ1) is 5.70. The Morgan fingerprint density at radius 3 is 2.67 bits per heavy atom. The van der Waals surface area contributed by atoms with Crippen molar-refractivity contribution >= 4 is 14.0 Å². The van der Waals surface area contributed by atoms with E-state index in [2.05, 4.69) is 4.74 Å². The summed E-state index contributed by atoms with van der Waals surface area (Å²) in [6, 6.07) is 0. The molecule has 0 saturated carbocycles. The number of hydrogen-bond acceptors (Lipinski definition) is 4. The van der Waals surface area contributed by atoms with Gasteiger partial charge < -0.3 is 9.26 Å². The summed E-state index contributed by atoms with van der Waals surface area (Å²) in [6.07, 6.45) is 1.31. The van der Waals surface area contributed by atoms with Crippen molar-refractivity contribution in [2.45, 2.75) is 19.8 Å². The molecular weight excluding hydrogens is 179 g/mol. The standard InChI is InChI=1S/C7H15O4P/c1-3-5-11-12(9)6-4-7(8)10-2/h12H,3-6H2,1-2H3. The number of carbonyl (C=O) groups is 1. The number of carbonyl (C=O) groups excluding carboxylic acids is 1. The Morgan fingerprint density at radius 1 is 1.50 bits per heavy atom. The topological polar surface area (TPSA) is 52.6 Å². The molecule has 0 aromatic carbocycles. The van der Waals surface area contributed by atoms with E-state index < -0.39 is 8.03 Å². The highest BCUT2D eigenvalue weighted by Crippen LogP contribution is 2.22. The Hall–Kier alpha value is -0.340. The van der Waals surface area contributed by atoms with E-state index in [0.717, 1.165) is 6.42 Å². The largest absolute Gasteiger partial charge is 0.469 e. The third-order valence-electron chi connectivity index (χ3n) is 1.23. The molecule has 0 amide bonds. The Labute approximate surface area is 73.1 Å². The van der Waals surface area contributed by atoms with Crippen LogP contribution in [0.5, 0.6) is 0 Å². The summed E-state index contributed by atoms with van der Waals surface area (Å²) in [7, 11) is -0.696. The van der Waals surface area contributed by atoms with Crippen LogP contribution >= 0.6 is 8.03 Å². The first-order valence-corrected chi connectivity index (χ1v) is 5.45. The summed E-state index contributed by atoms with van der Waals surface area (Å²) in [5, 5.41) is 0. The maximum atomic E-state index is 11.0. The van der Waals surface area contributed by atoms with Gasteiger partial charge in [0.2, 0.25) is 0 Å². The fourth-order valence-corrected chi connectivity index (χ4v) is 1.58. The zero-order chi connectivity index (χ0) is 9.40. The second kappa shape index (κ2) is 7.32. The van der Waals surface area contributed by atoms with E-state index in [9.17, 15) is 9.36 Å². The minimum atomic E-state index is -2.01. The molecule has 0 rings (SSSR count). The van der Waals surface area contributed by atoms with Gasteiger partial charge in [-0.3, -0.25) is 9.36 Å². The fourth-order valence-electron chi connectivity index (χ4n) is 0.594. The lowest BCUT2D eigenvalue weighted by Crippen LogP contribution is -2.01. The molecule has 0 aromatic rings. The summed E-state index contributed by atoms with van der Waals surface area (Å²) in [4.78, 5) is 10.6. The predicted octanol–water partition coefficient (Wildman–Crippen LogP) is 1.45. The van der Waals surface area contributed by atoms with Crippen molar-refractivity contribution in [2.75, 3.05) is 19.9 Å². The first kappa shape index (κ1) is 11.7. The molecule has 72 valence electrons. The van der Waals surface area contributed by atoms with Crippen LogP contribution in [0.25, 0.3) is 0 Å². The van der Waals surface area contributed by atoms with Gasteiger partial charge in [-0.25, -0.2) is 0 Å². The van der Waals surface area contributed by atoms with Crippen molar-refractivity contribution in [1.82, 2.24) is 0 Å². The van der Waals surface area contributed by atoms with Crippen molar-refractivity contribution in [3.63, 3.8) is 0 Å². The van der Waals surface area contributed by atoms with Crippen molar-refractivity contribution in [2.24, 2.45) is 0 Å². The molecule has 0 aliphatic carbocycles. The summed E-state index contributed by atoms with van der Waals surface area (Å²) < 4.78 is 20.3. The number of rotatable bonds is 6. The average Bonchev–Trinajstić information content (AvgIpc) is 2.10. The number of esters is 1. The van der Waals surface area contributed by atoms with Gasteiger partial charge in [0.25, 0.3) is 0 Å². The molecular formula is C7H15O4P. The van der Waals surface area contributed by atoms with Gasteiger partial charge in [0.15, 0.2) is 8.03 Å². The Morgan fingerprint density at radius 2 is 2.17 bits per heavy atom. The molecule has 1 unspecified atom stereocenters. The van der Waals surface area contributed by atoms with Crippen molar-refractivity contribution in [3.8, 4) is 0 Å². The summed E-state index contributed by atoms with van der Waals surface area (Å²) in [6.45, 7) is 2.44. The van der Waals surface area contributed by atoms with Gasteiger partial charge in [0, 0.05) is 6.16 Å². The molecule has 0 fully saturated rings. The lowest BCUT2D eigenvalue weighted by molar-refractivity contribution is -0.140. The zero-order valence-electron chi connectivity index (χ0n) is 7.46. The number of hydrogen-bond donors (Lipinski definition) is 0. The third kappa shape index (κ3) is 6.38. The van der Waals surface area contributed by atoms with Crippen LogP contribution in [0, 0.1) is 0 Å². The summed E-state index contributed by atoms with van der Waals surface area (Å²) >= 11 is 0. The Bertz CT molecular complexity index is 157. The van der Waals surface area contributed by atoms with E-state index in [1.165, 1.54) is 7.11 Å². The van der Waals surface area contributed by atoms with Gasteiger partial charge in [-0.15, -0.1) is 0 Å². The molecule has 0 heterocycles. The maximum absolute atomic E-state index is 11.0. The molecule has 0 saturated heterocycles. The van der Waals surface area contributed by atoms with Crippen LogP contribution in [-0.4, -0.2) is 25.8 Å². The molecule has 1 atom stereocenters. The molecule has 5 heteroatoms. The lowest BCUT2D eigenvalue weighted by atomic mass is 10.5. The predicted molar refractivity (Wildman–Crippen MR) is 46.7 cm³/mol. The van der Waals surface area contributed by atoms with E-state index in [1.807, 2.05) is 6.92 Å². The highest BCUT2D eigenvalue weighted by molar-refractivity contribution is 7.39. The van der Waals surface area contributed by atoms with Crippen LogP contribution in [0.4, 0.5) is 0 Å². The molecule has 0 aromatic heterocycles. The summed E-state index contributed by atoms with van der Waals surface area (Å²) in [5.41, 5.74) is 0. The van der Waals surface area contributed by atoms with Crippen molar-refractivity contribution in [3.05, 3.63) is 0 Å². The second-order valence-corrected chi connectivity index (χ2v) is 3.83. The van der Waals surface area contributed by atoms with E-state index in [4.69, 9.17) is 4.52 Å². The number of methoxy groups -OCH3 is 1. The van der Waals surface area contributed by atoms with Crippen LogP contribution < -0.4 is 0 Å². The van der Waals surface area contributed by atoms with Gasteiger partial charge in [0.1, 0.15) is 0 Å². The molecule has 0 aliphatic heterocycles. The smallest absolute Gasteiger partial charge is 0.306 e. The van der Waals surface area contributed by atoms with E-state index in [0.29, 0.717) is 6.61 Å². The van der Waals surface area contributed by atoms with Gasteiger partial charge in [0.05, 0.1) is 20.1 Å². The van der Waals surface area contributed by atoms with E-state index in [1.54, 1.807) is 0 Å². The Kier molecular flexibility index (Phi) is 7.11. The van der Waals surface area contributed by atoms with Crippen LogP contribution in [0.15, 0.2) is 0 Å². The van der Waals surface area contributed by atoms with E-state index in [-0.39, 0.29) is 18.6 Å². The van der Waals surface area contributed by atoms with Crippen LogP contribution in [0.1, 0.15) is 19.8 Å². The van der Waals surface area contributed by atoms with Crippen molar-refractivity contribution in [1.29, 1.82) is 0 Å². The van der Waals surface area contributed by atoms with Crippen LogP contribution in [0.3, 0.4) is 0 Å². The first-order valence-electron chi connectivity index (χ1n) is 3.93. The monoisotopic (exact) mass is 194 g/mol. The second-order valence-electron chi connectivity index (χ2n) is 2.30. The number of ether oxygens (including phenoxy) is 1. The molecule has 0 aliphatic rings. The van der Waals surface area contributed by atoms with E-state index >= 15 is 0 Å². The fraction of sp³-hybridized carbons (Fsp3) is 0.857. The summed E-state index contributed by atoms with van der Waals surface area (Å²) in [5.74, 6) is -0.339. The Balaban J connectivity index is 3.37. The van der Waals surface area contributed by atoms with Gasteiger partial charge in [-0.05, 0) is 6.42 Å². The minimum absolute atomic E-state index is 0.179. The molecule has 0 spiro atoms. The normalized spacial score (nSPS) is 12.5. The SMILES string of the molecule is CCCO[PH](=O)CCC(=O)OC. The average molecular weight is 194 g/mol. The highest BCUT2D eigenvalue weighted by atomic mass is 31.1. The van der Waals surface area contributed by atoms with Crippen LogP contribution in [-0.2, 0) is 18.6 Å². The van der Waals surface area contributed by atoms with Gasteiger partial charge in [-0.2, -0.15) is 0 Å². The molecule has 0 N–H and O–H groups in total. The van der Waals surface area contributed by atoms with Gasteiger partial charge in [-0.1, -0.05) is 6.92 Å². The van der Waals surface area contributed by atoms with Gasteiger partial charge >= 0.3 is 5.97 Å². The zero-order valence-corrected chi connectivity index (χ0v) is 8.46. The molecule has 4 nitrogen and oxygen atoms in total. The lowest BCUT2D eigenvalue weighted by Gasteiger charge is -2.01. The van der Waals surface area contributed by atoms with Crippen molar-refractivity contribution < 1.29 is 18.6 Å². The third-order valence-corrected chi connectivity index (χ3v) is 2.41. The minimum Gasteiger partial charge on any atom is -0.469 e. The maximum Gasteiger partial charge on any atom is 0.306 e. The molecule has 0 radical (unpaired) electrons. The highest BCUT2D eigenvalue weighted by Gasteiger charge is 2.04.